The molecule has 1 N–H and O–H groups in total. The van der Waals surface area contributed by atoms with Gasteiger partial charge in [0.1, 0.15) is 5.78 Å². The van der Waals surface area contributed by atoms with E-state index in [0.29, 0.717) is 12.8 Å². The van der Waals surface area contributed by atoms with Gasteiger partial charge in [-0.15, -0.1) is 0 Å². The van der Waals surface area contributed by atoms with Crippen LogP contribution in [0.25, 0.3) is 0 Å². The number of hydrogen-bond donors (Lipinski definition) is 1. The van der Waals surface area contributed by atoms with Crippen LogP contribution in [0.5, 0.6) is 0 Å². The topological polar surface area (TPSA) is 37.3 Å². The lowest BCUT2D eigenvalue weighted by Crippen LogP contribution is -2.13. The van der Waals surface area contributed by atoms with Crippen molar-refractivity contribution in [1.29, 1.82) is 0 Å². The molecule has 2 heteroatoms. The first-order chi connectivity index (χ1) is 8.11. The van der Waals surface area contributed by atoms with E-state index in [-0.39, 0.29) is 5.78 Å². The van der Waals surface area contributed by atoms with Gasteiger partial charge in [-0.25, -0.2) is 0 Å². The quantitative estimate of drug-likeness (QED) is 0.787. The number of Topliss-reactive ketones (excluding diaryl/α,β-unsaturated/α-hetero) is 1. The van der Waals surface area contributed by atoms with Crippen molar-refractivity contribution < 1.29 is 9.90 Å². The summed E-state index contributed by atoms with van der Waals surface area (Å²) in [5.74, 6) is 0.159. The fourth-order valence-electron chi connectivity index (χ4n) is 1.84. The smallest absolute Gasteiger partial charge is 0.135 e. The van der Waals surface area contributed by atoms with Crippen molar-refractivity contribution in [2.24, 2.45) is 0 Å². The van der Waals surface area contributed by atoms with E-state index in [0.717, 1.165) is 19.3 Å². The van der Waals surface area contributed by atoms with Crippen molar-refractivity contribution in [3.8, 4) is 0 Å². The van der Waals surface area contributed by atoms with Crippen LogP contribution in [-0.4, -0.2) is 17.0 Å². The van der Waals surface area contributed by atoms with E-state index in [1.807, 2.05) is 6.92 Å². The highest BCUT2D eigenvalue weighted by Gasteiger charge is 2.09. The van der Waals surface area contributed by atoms with Gasteiger partial charge in [-0.3, -0.25) is 4.79 Å². The third-order valence-corrected chi connectivity index (χ3v) is 2.90. The van der Waals surface area contributed by atoms with Gasteiger partial charge in [-0.05, 0) is 25.3 Å². The number of aryl methyl sites for hydroxylation is 2. The molecular formula is C15H22O2. The number of carbonyl (C=O) groups is 1. The van der Waals surface area contributed by atoms with Gasteiger partial charge >= 0.3 is 0 Å². The summed E-state index contributed by atoms with van der Waals surface area (Å²) >= 11 is 0. The number of aliphatic hydroxyl groups is 1. The summed E-state index contributed by atoms with van der Waals surface area (Å²) < 4.78 is 0. The molecular weight excluding hydrogens is 212 g/mol. The predicted molar refractivity (Wildman–Crippen MR) is 70.0 cm³/mol. The first-order valence-corrected chi connectivity index (χ1v) is 6.37. The van der Waals surface area contributed by atoms with Gasteiger partial charge in [0.15, 0.2) is 0 Å². The van der Waals surface area contributed by atoms with Crippen molar-refractivity contribution in [1.82, 2.24) is 0 Å². The van der Waals surface area contributed by atoms with E-state index in [1.54, 1.807) is 0 Å². The maximum atomic E-state index is 11.6. The van der Waals surface area contributed by atoms with Crippen molar-refractivity contribution in [3.63, 3.8) is 0 Å². The van der Waals surface area contributed by atoms with Gasteiger partial charge in [-0.1, -0.05) is 43.2 Å². The number of benzene rings is 1. The summed E-state index contributed by atoms with van der Waals surface area (Å²) in [6.45, 7) is 4.07. The first kappa shape index (κ1) is 13.9. The second-order valence-corrected chi connectivity index (χ2v) is 4.67. The highest BCUT2D eigenvalue weighted by Crippen LogP contribution is 2.09. The molecule has 94 valence electrons. The number of carbonyl (C=O) groups excluding carboxylic acids is 1. The Balaban J connectivity index is 2.30. The van der Waals surface area contributed by atoms with E-state index in [4.69, 9.17) is 0 Å². The van der Waals surface area contributed by atoms with E-state index >= 15 is 0 Å². The van der Waals surface area contributed by atoms with Gasteiger partial charge < -0.3 is 5.11 Å². The Kier molecular flexibility index (Phi) is 5.92. The van der Waals surface area contributed by atoms with Crippen LogP contribution < -0.4 is 0 Å². The number of hydrogen-bond acceptors (Lipinski definition) is 2. The summed E-state index contributed by atoms with van der Waals surface area (Å²) in [6, 6.07) is 8.24. The lowest BCUT2D eigenvalue weighted by molar-refractivity contribution is -0.121. The maximum Gasteiger partial charge on any atom is 0.135 e. The molecule has 0 aromatic heterocycles. The fourth-order valence-corrected chi connectivity index (χ4v) is 1.84. The van der Waals surface area contributed by atoms with Gasteiger partial charge in [-0.2, -0.15) is 0 Å². The summed E-state index contributed by atoms with van der Waals surface area (Å²) in [7, 11) is 0. The molecule has 2 nitrogen and oxygen atoms in total. The third kappa shape index (κ3) is 5.64. The predicted octanol–water partition coefficient (Wildman–Crippen LogP) is 3.05. The normalized spacial score (nSPS) is 12.4. The summed E-state index contributed by atoms with van der Waals surface area (Å²) in [5, 5.41) is 9.53. The van der Waals surface area contributed by atoms with Gasteiger partial charge in [0, 0.05) is 12.8 Å². The van der Waals surface area contributed by atoms with Crippen molar-refractivity contribution in [2.75, 3.05) is 0 Å². The molecule has 0 saturated heterocycles. The Hall–Kier alpha value is -1.15. The molecule has 0 fully saturated rings. The molecule has 0 radical (unpaired) electrons. The van der Waals surface area contributed by atoms with E-state index in [2.05, 4.69) is 31.2 Å². The molecule has 0 aliphatic carbocycles. The number of aliphatic hydroxyl groups excluding tert-OH is 1. The summed E-state index contributed by atoms with van der Waals surface area (Å²) in [5.41, 5.74) is 2.42. The average Bonchev–Trinajstić information content (AvgIpc) is 2.28. The van der Waals surface area contributed by atoms with E-state index in [1.165, 1.54) is 11.1 Å². The van der Waals surface area contributed by atoms with E-state index < -0.39 is 6.10 Å². The van der Waals surface area contributed by atoms with Gasteiger partial charge in [0.2, 0.25) is 0 Å². The van der Waals surface area contributed by atoms with Crippen LogP contribution in [0.1, 0.15) is 43.7 Å². The molecule has 0 bridgehead atoms. The molecule has 0 spiro atoms. The Morgan fingerprint density at radius 2 is 1.94 bits per heavy atom. The lowest BCUT2D eigenvalue weighted by Gasteiger charge is -2.08. The Bertz CT molecular complexity index is 340. The zero-order valence-electron chi connectivity index (χ0n) is 10.8. The molecule has 1 atom stereocenters. The Morgan fingerprint density at radius 1 is 1.29 bits per heavy atom. The fraction of sp³-hybridized carbons (Fsp3) is 0.533. The second-order valence-electron chi connectivity index (χ2n) is 4.67. The molecule has 0 saturated carbocycles. The zero-order chi connectivity index (χ0) is 12.7. The third-order valence-electron chi connectivity index (χ3n) is 2.90. The molecule has 1 unspecified atom stereocenters. The van der Waals surface area contributed by atoms with Crippen molar-refractivity contribution >= 4 is 5.78 Å². The zero-order valence-corrected chi connectivity index (χ0v) is 10.8. The summed E-state index contributed by atoms with van der Waals surface area (Å²) in [6.07, 6.45) is 2.80. The molecule has 17 heavy (non-hydrogen) atoms. The molecule has 1 rings (SSSR count). The molecule has 0 amide bonds. The Morgan fingerprint density at radius 3 is 2.53 bits per heavy atom. The largest absolute Gasteiger partial charge is 0.393 e. The Labute approximate surface area is 104 Å². The van der Waals surface area contributed by atoms with Crippen LogP contribution in [0.3, 0.4) is 0 Å². The van der Waals surface area contributed by atoms with Crippen LogP contribution in [-0.2, 0) is 11.2 Å². The lowest BCUT2D eigenvalue weighted by atomic mass is 10.0. The SMILES string of the molecule is CCCC(O)CC(=O)CCc1ccc(C)cc1. The van der Waals surface area contributed by atoms with Crippen LogP contribution in [0.4, 0.5) is 0 Å². The molecule has 1 aromatic rings. The molecule has 0 aliphatic rings. The van der Waals surface area contributed by atoms with Crippen molar-refractivity contribution in [3.05, 3.63) is 35.4 Å². The molecule has 0 aliphatic heterocycles. The molecule has 0 heterocycles. The van der Waals surface area contributed by atoms with Gasteiger partial charge in [0.05, 0.1) is 6.10 Å². The second kappa shape index (κ2) is 7.23. The van der Waals surface area contributed by atoms with Gasteiger partial charge in [0.25, 0.3) is 0 Å². The average molecular weight is 234 g/mol. The van der Waals surface area contributed by atoms with Crippen molar-refractivity contribution in [2.45, 2.75) is 52.1 Å². The molecule has 1 aromatic carbocycles. The highest BCUT2D eigenvalue weighted by molar-refractivity contribution is 5.79. The highest BCUT2D eigenvalue weighted by atomic mass is 16.3. The minimum Gasteiger partial charge on any atom is -0.393 e. The monoisotopic (exact) mass is 234 g/mol. The maximum absolute atomic E-state index is 11.6. The van der Waals surface area contributed by atoms with Crippen LogP contribution >= 0.6 is 0 Å². The van der Waals surface area contributed by atoms with E-state index in [9.17, 15) is 9.90 Å². The van der Waals surface area contributed by atoms with Crippen LogP contribution in [0.15, 0.2) is 24.3 Å². The number of ketones is 1. The minimum atomic E-state index is -0.453. The van der Waals surface area contributed by atoms with Crippen LogP contribution in [0.2, 0.25) is 0 Å². The first-order valence-electron chi connectivity index (χ1n) is 6.37. The summed E-state index contributed by atoms with van der Waals surface area (Å²) in [4.78, 5) is 11.6. The van der Waals surface area contributed by atoms with Crippen LogP contribution in [0, 0.1) is 6.92 Å². The number of rotatable bonds is 7. The standard InChI is InChI=1S/C15H22O2/c1-3-4-14(16)11-15(17)10-9-13-7-5-12(2)6-8-13/h5-8,14,16H,3-4,9-11H2,1-2H3. The minimum absolute atomic E-state index is 0.159.